The third-order valence-corrected chi connectivity index (χ3v) is 5.93. The molecule has 1 aromatic carbocycles. The number of sulfonamides is 1. The van der Waals surface area contributed by atoms with E-state index in [0.29, 0.717) is 14.6 Å². The molecule has 0 saturated heterocycles. The molecule has 0 atom stereocenters. The highest BCUT2D eigenvalue weighted by Crippen LogP contribution is 2.32. The molecule has 0 aliphatic heterocycles. The quantitative estimate of drug-likeness (QED) is 0.618. The van der Waals surface area contributed by atoms with Gasteiger partial charge in [-0.3, -0.25) is 4.79 Å². The summed E-state index contributed by atoms with van der Waals surface area (Å²) >= 11 is 6.32. The van der Waals surface area contributed by atoms with E-state index in [4.69, 9.17) is 5.73 Å². The fraction of sp³-hybridized carbons (Fsp3) is 0.364. The van der Waals surface area contributed by atoms with Crippen molar-refractivity contribution in [3.05, 3.63) is 21.1 Å². The zero-order chi connectivity index (χ0) is 14.9. The Morgan fingerprint density at radius 3 is 2.35 bits per heavy atom. The van der Waals surface area contributed by atoms with Crippen molar-refractivity contribution >= 4 is 53.5 Å². The summed E-state index contributed by atoms with van der Waals surface area (Å²) in [5.74, 6) is -0.334. The molecule has 4 N–H and O–H groups in total. The van der Waals surface area contributed by atoms with Gasteiger partial charge in [0.2, 0.25) is 15.9 Å². The second-order valence-corrected chi connectivity index (χ2v) is 7.89. The van der Waals surface area contributed by atoms with Crippen LogP contribution in [0.25, 0.3) is 0 Å². The van der Waals surface area contributed by atoms with E-state index in [1.807, 2.05) is 0 Å². The number of hydrogen-bond donors (Lipinski definition) is 3. The van der Waals surface area contributed by atoms with Gasteiger partial charge in [-0.15, -0.1) is 0 Å². The lowest BCUT2D eigenvalue weighted by Gasteiger charge is -2.11. The lowest BCUT2D eigenvalue weighted by Crippen LogP contribution is -2.38. The normalized spacial score (nSPS) is 15.1. The maximum atomic E-state index is 12.2. The molecule has 110 valence electrons. The number of rotatable bonds is 5. The van der Waals surface area contributed by atoms with Gasteiger partial charge in [0.05, 0.1) is 6.54 Å². The highest BCUT2D eigenvalue weighted by atomic mass is 79.9. The van der Waals surface area contributed by atoms with Gasteiger partial charge in [0.25, 0.3) is 0 Å². The summed E-state index contributed by atoms with van der Waals surface area (Å²) in [6.07, 6.45) is 1.90. The standard InChI is InChI=1S/C11H13Br2N3O3S/c12-8-3-6(14)4-9(13)11(8)20(18,19)15-5-10(17)16-7-1-2-7/h3-4,7,15H,1-2,5,14H2,(H,16,17). The second kappa shape index (κ2) is 6.00. The number of amides is 1. The Balaban J connectivity index is 2.11. The van der Waals surface area contributed by atoms with E-state index in [9.17, 15) is 13.2 Å². The minimum absolute atomic E-state index is 0.0194. The van der Waals surface area contributed by atoms with E-state index < -0.39 is 10.0 Å². The zero-order valence-electron chi connectivity index (χ0n) is 10.3. The largest absolute Gasteiger partial charge is 0.399 e. The Labute approximate surface area is 133 Å². The molecule has 1 aliphatic rings. The molecule has 1 aliphatic carbocycles. The van der Waals surface area contributed by atoms with Crippen molar-refractivity contribution in [1.29, 1.82) is 0 Å². The lowest BCUT2D eigenvalue weighted by atomic mass is 10.3. The molecule has 0 radical (unpaired) electrons. The first kappa shape index (κ1) is 15.7. The Kier molecular flexibility index (Phi) is 4.73. The first-order valence-corrected chi connectivity index (χ1v) is 8.90. The zero-order valence-corrected chi connectivity index (χ0v) is 14.3. The maximum Gasteiger partial charge on any atom is 0.243 e. The minimum atomic E-state index is -3.81. The third-order valence-electron chi connectivity index (χ3n) is 2.65. The summed E-state index contributed by atoms with van der Waals surface area (Å²) in [6, 6.07) is 3.18. The Bertz CT molecular complexity index is 621. The van der Waals surface area contributed by atoms with E-state index in [2.05, 4.69) is 41.9 Å². The van der Waals surface area contributed by atoms with Crippen LogP contribution in [-0.2, 0) is 14.8 Å². The van der Waals surface area contributed by atoms with Crippen LogP contribution < -0.4 is 15.8 Å². The van der Waals surface area contributed by atoms with E-state index in [1.54, 1.807) is 0 Å². The van der Waals surface area contributed by atoms with E-state index in [-0.39, 0.29) is 23.4 Å². The topological polar surface area (TPSA) is 101 Å². The Morgan fingerprint density at radius 1 is 1.30 bits per heavy atom. The van der Waals surface area contributed by atoms with Gasteiger partial charge in [-0.1, -0.05) is 0 Å². The van der Waals surface area contributed by atoms with Gasteiger partial charge in [-0.05, 0) is 56.8 Å². The summed E-state index contributed by atoms with van der Waals surface area (Å²) in [6.45, 7) is -0.290. The third kappa shape index (κ3) is 3.94. The molecule has 1 aromatic rings. The van der Waals surface area contributed by atoms with E-state index in [0.717, 1.165) is 12.8 Å². The van der Waals surface area contributed by atoms with E-state index in [1.165, 1.54) is 12.1 Å². The molecule has 0 unspecified atom stereocenters. The molecule has 0 aromatic heterocycles. The molecule has 2 rings (SSSR count). The van der Waals surface area contributed by atoms with Crippen molar-refractivity contribution in [3.63, 3.8) is 0 Å². The van der Waals surface area contributed by atoms with Crippen molar-refractivity contribution < 1.29 is 13.2 Å². The number of nitrogens with one attached hydrogen (secondary N) is 2. The molecule has 1 fully saturated rings. The molecular weight excluding hydrogens is 414 g/mol. The van der Waals surface area contributed by atoms with Crippen LogP contribution in [0.2, 0.25) is 0 Å². The van der Waals surface area contributed by atoms with Gasteiger partial charge >= 0.3 is 0 Å². The Hall–Kier alpha value is -0.640. The number of halogens is 2. The van der Waals surface area contributed by atoms with Crippen molar-refractivity contribution in [2.45, 2.75) is 23.8 Å². The van der Waals surface area contributed by atoms with Crippen LogP contribution in [0.15, 0.2) is 26.0 Å². The van der Waals surface area contributed by atoms with Crippen LogP contribution in [0.3, 0.4) is 0 Å². The van der Waals surface area contributed by atoms with Crippen LogP contribution >= 0.6 is 31.9 Å². The van der Waals surface area contributed by atoms with Gasteiger partial charge in [0.15, 0.2) is 0 Å². The smallest absolute Gasteiger partial charge is 0.243 e. The number of carbonyl (C=O) groups is 1. The highest BCUT2D eigenvalue weighted by molar-refractivity contribution is 9.11. The number of hydrogen-bond acceptors (Lipinski definition) is 4. The molecule has 6 nitrogen and oxygen atoms in total. The van der Waals surface area contributed by atoms with Gasteiger partial charge < -0.3 is 11.1 Å². The molecule has 0 spiro atoms. The molecular formula is C11H13Br2N3O3S. The average molecular weight is 427 g/mol. The van der Waals surface area contributed by atoms with Crippen molar-refractivity contribution in [2.24, 2.45) is 0 Å². The van der Waals surface area contributed by atoms with Crippen LogP contribution in [-0.4, -0.2) is 26.9 Å². The summed E-state index contributed by atoms with van der Waals surface area (Å²) in [7, 11) is -3.81. The highest BCUT2D eigenvalue weighted by Gasteiger charge is 2.25. The fourth-order valence-corrected chi connectivity index (χ4v) is 5.17. The van der Waals surface area contributed by atoms with Crippen molar-refractivity contribution in [3.8, 4) is 0 Å². The molecule has 0 bridgehead atoms. The average Bonchev–Trinajstić information content (AvgIpc) is 3.08. The van der Waals surface area contributed by atoms with Crippen LogP contribution in [0.1, 0.15) is 12.8 Å². The summed E-state index contributed by atoms with van der Waals surface area (Å²) < 4.78 is 27.3. The van der Waals surface area contributed by atoms with Crippen LogP contribution in [0, 0.1) is 0 Å². The number of carbonyl (C=O) groups excluding carboxylic acids is 1. The number of benzene rings is 1. The van der Waals surface area contributed by atoms with Gasteiger partial charge in [-0.2, -0.15) is 0 Å². The van der Waals surface area contributed by atoms with Gasteiger partial charge in [0.1, 0.15) is 4.90 Å². The molecule has 1 amide bonds. The van der Waals surface area contributed by atoms with Crippen molar-refractivity contribution in [1.82, 2.24) is 10.0 Å². The molecule has 20 heavy (non-hydrogen) atoms. The second-order valence-electron chi connectivity index (χ2n) is 4.48. The van der Waals surface area contributed by atoms with E-state index >= 15 is 0 Å². The summed E-state index contributed by atoms with van der Waals surface area (Å²) in [4.78, 5) is 11.5. The van der Waals surface area contributed by atoms with Gasteiger partial charge in [0, 0.05) is 20.7 Å². The summed E-state index contributed by atoms with van der Waals surface area (Å²) in [5, 5.41) is 2.71. The fourth-order valence-electron chi connectivity index (χ4n) is 1.58. The lowest BCUT2D eigenvalue weighted by molar-refractivity contribution is -0.120. The minimum Gasteiger partial charge on any atom is -0.399 e. The predicted octanol–water partition coefficient (Wildman–Crippen LogP) is 1.35. The molecule has 9 heteroatoms. The number of anilines is 1. The van der Waals surface area contributed by atoms with Crippen LogP contribution in [0.4, 0.5) is 5.69 Å². The van der Waals surface area contributed by atoms with Crippen LogP contribution in [0.5, 0.6) is 0 Å². The monoisotopic (exact) mass is 425 g/mol. The maximum absolute atomic E-state index is 12.2. The Morgan fingerprint density at radius 2 is 1.85 bits per heavy atom. The first-order chi connectivity index (χ1) is 9.29. The molecule has 1 saturated carbocycles. The predicted molar refractivity (Wildman–Crippen MR) is 82.6 cm³/mol. The number of nitrogen functional groups attached to an aromatic ring is 1. The molecule has 0 heterocycles. The van der Waals surface area contributed by atoms with Crippen molar-refractivity contribution in [2.75, 3.05) is 12.3 Å². The SMILES string of the molecule is Nc1cc(Br)c(S(=O)(=O)NCC(=O)NC2CC2)c(Br)c1. The summed E-state index contributed by atoms with van der Waals surface area (Å²) in [5.41, 5.74) is 6.04. The van der Waals surface area contributed by atoms with Gasteiger partial charge in [-0.25, -0.2) is 13.1 Å². The first-order valence-electron chi connectivity index (χ1n) is 5.83. The number of nitrogens with two attached hydrogens (primary N) is 1.